The van der Waals surface area contributed by atoms with Gasteiger partial charge in [0.05, 0.1) is 6.42 Å². The summed E-state index contributed by atoms with van der Waals surface area (Å²) in [6.45, 7) is 1.53. The number of hydrogen-bond donors (Lipinski definition) is 3. The molecule has 206 valence electrons. The first-order valence-electron chi connectivity index (χ1n) is 13.8. The standard InChI is InChI=1S/C27H50O8/c1-2-3-4-5-6-7-8-9-10-11-12-13-14-15-16-17-18-19-25(30)34-21-23(28)22-35-26(31)20-24(29)27(32)33/h23-24,28-29H,2-22H2,1H3,(H,32,33)/t23?,24-/m0/s1. The highest BCUT2D eigenvalue weighted by Gasteiger charge is 2.20. The highest BCUT2D eigenvalue weighted by Crippen LogP contribution is 2.14. The Kier molecular flexibility index (Phi) is 22.9. The third-order valence-corrected chi connectivity index (χ3v) is 6.00. The fraction of sp³-hybridized carbons (Fsp3) is 0.889. The zero-order valence-corrected chi connectivity index (χ0v) is 21.9. The molecule has 0 spiro atoms. The van der Waals surface area contributed by atoms with E-state index in [1.54, 1.807) is 0 Å². The molecule has 0 fully saturated rings. The van der Waals surface area contributed by atoms with Crippen LogP contribution < -0.4 is 0 Å². The number of esters is 2. The monoisotopic (exact) mass is 502 g/mol. The van der Waals surface area contributed by atoms with Crippen LogP contribution in [0.15, 0.2) is 0 Å². The van der Waals surface area contributed by atoms with Gasteiger partial charge in [-0.1, -0.05) is 110 Å². The van der Waals surface area contributed by atoms with Gasteiger partial charge in [-0.25, -0.2) is 4.79 Å². The Balaban J connectivity index is 3.40. The average Bonchev–Trinajstić information content (AvgIpc) is 2.83. The molecule has 0 saturated carbocycles. The van der Waals surface area contributed by atoms with Gasteiger partial charge in [-0.3, -0.25) is 9.59 Å². The molecule has 0 saturated heterocycles. The van der Waals surface area contributed by atoms with Crippen molar-refractivity contribution in [3.05, 3.63) is 0 Å². The minimum atomic E-state index is -1.85. The van der Waals surface area contributed by atoms with Crippen LogP contribution in [0.3, 0.4) is 0 Å². The first-order chi connectivity index (χ1) is 16.9. The van der Waals surface area contributed by atoms with Gasteiger partial charge in [0.15, 0.2) is 6.10 Å². The van der Waals surface area contributed by atoms with E-state index in [4.69, 9.17) is 14.9 Å². The van der Waals surface area contributed by atoms with Gasteiger partial charge >= 0.3 is 17.9 Å². The van der Waals surface area contributed by atoms with Crippen LogP contribution in [0.25, 0.3) is 0 Å². The molecule has 2 atom stereocenters. The maximum Gasteiger partial charge on any atom is 0.333 e. The van der Waals surface area contributed by atoms with E-state index in [1.807, 2.05) is 0 Å². The second-order valence-electron chi connectivity index (χ2n) is 9.48. The molecule has 35 heavy (non-hydrogen) atoms. The van der Waals surface area contributed by atoms with E-state index in [0.29, 0.717) is 0 Å². The van der Waals surface area contributed by atoms with Crippen molar-refractivity contribution in [2.75, 3.05) is 13.2 Å². The molecule has 0 aliphatic rings. The van der Waals surface area contributed by atoms with Crippen LogP contribution in [-0.2, 0) is 23.9 Å². The molecule has 0 heterocycles. The minimum Gasteiger partial charge on any atom is -0.479 e. The summed E-state index contributed by atoms with van der Waals surface area (Å²) >= 11 is 0. The van der Waals surface area contributed by atoms with Gasteiger partial charge in [-0.05, 0) is 6.42 Å². The zero-order valence-electron chi connectivity index (χ0n) is 21.9. The second kappa shape index (κ2) is 24.0. The highest BCUT2D eigenvalue weighted by atomic mass is 16.6. The number of unbranched alkanes of at least 4 members (excludes halogenated alkanes) is 16. The van der Waals surface area contributed by atoms with Gasteiger partial charge < -0.3 is 24.8 Å². The molecular weight excluding hydrogens is 452 g/mol. The van der Waals surface area contributed by atoms with Crippen molar-refractivity contribution >= 4 is 17.9 Å². The molecule has 0 aromatic heterocycles. The summed E-state index contributed by atoms with van der Waals surface area (Å²) in [6, 6.07) is 0. The summed E-state index contributed by atoms with van der Waals surface area (Å²) < 4.78 is 9.61. The normalized spacial score (nSPS) is 12.8. The van der Waals surface area contributed by atoms with Crippen LogP contribution in [0.1, 0.15) is 129 Å². The molecule has 0 radical (unpaired) electrons. The highest BCUT2D eigenvalue weighted by molar-refractivity contribution is 5.80. The van der Waals surface area contributed by atoms with Crippen molar-refractivity contribution in [3.63, 3.8) is 0 Å². The topological polar surface area (TPSA) is 130 Å². The molecule has 8 nitrogen and oxygen atoms in total. The largest absolute Gasteiger partial charge is 0.479 e. The third kappa shape index (κ3) is 23.8. The Bertz CT molecular complexity index is 537. The van der Waals surface area contributed by atoms with Crippen molar-refractivity contribution in [1.29, 1.82) is 0 Å². The lowest BCUT2D eigenvalue weighted by Gasteiger charge is -2.12. The summed E-state index contributed by atoms with van der Waals surface area (Å²) in [7, 11) is 0. The molecule has 0 aromatic rings. The van der Waals surface area contributed by atoms with Gasteiger partial charge in [0.25, 0.3) is 0 Å². The van der Waals surface area contributed by atoms with Gasteiger partial charge in [0.2, 0.25) is 0 Å². The first-order valence-corrected chi connectivity index (χ1v) is 13.8. The van der Waals surface area contributed by atoms with E-state index in [9.17, 15) is 19.5 Å². The second-order valence-corrected chi connectivity index (χ2v) is 9.48. The Hall–Kier alpha value is -1.67. The van der Waals surface area contributed by atoms with Gasteiger partial charge in [-0.2, -0.15) is 0 Å². The van der Waals surface area contributed by atoms with E-state index in [0.717, 1.165) is 19.3 Å². The number of carbonyl (C=O) groups excluding carboxylic acids is 2. The number of aliphatic carboxylic acids is 1. The SMILES string of the molecule is CCCCCCCCCCCCCCCCCCCC(=O)OCC(O)COC(=O)C[C@H](O)C(=O)O. The molecular formula is C27H50O8. The van der Waals surface area contributed by atoms with E-state index < -0.39 is 43.1 Å². The molecule has 0 bridgehead atoms. The lowest BCUT2D eigenvalue weighted by molar-refractivity contribution is -0.159. The molecule has 0 aliphatic carbocycles. The number of aliphatic hydroxyl groups excluding tert-OH is 2. The molecule has 3 N–H and O–H groups in total. The van der Waals surface area contributed by atoms with Crippen LogP contribution in [0.2, 0.25) is 0 Å². The van der Waals surface area contributed by atoms with E-state index in [1.165, 1.54) is 89.9 Å². The summed E-state index contributed by atoms with van der Waals surface area (Å²) in [4.78, 5) is 33.5. The number of carboxylic acids is 1. The van der Waals surface area contributed by atoms with Crippen molar-refractivity contribution < 1.29 is 39.2 Å². The molecule has 0 aromatic carbocycles. The van der Waals surface area contributed by atoms with Gasteiger partial charge in [-0.15, -0.1) is 0 Å². The van der Waals surface area contributed by atoms with Crippen LogP contribution >= 0.6 is 0 Å². The molecule has 8 heteroatoms. The van der Waals surface area contributed by atoms with E-state index in [2.05, 4.69) is 11.7 Å². The van der Waals surface area contributed by atoms with Crippen LogP contribution in [0, 0.1) is 0 Å². The Morgan fingerprint density at radius 2 is 0.971 bits per heavy atom. The molecule has 0 rings (SSSR count). The van der Waals surface area contributed by atoms with Crippen LogP contribution in [0.4, 0.5) is 0 Å². The minimum absolute atomic E-state index is 0.288. The fourth-order valence-corrected chi connectivity index (χ4v) is 3.80. The number of carboxylic acid groups (broad SMARTS) is 1. The Morgan fingerprint density at radius 3 is 1.37 bits per heavy atom. The Labute approximate surface area is 211 Å². The summed E-state index contributed by atoms with van der Waals surface area (Å²) in [5.74, 6) is -2.88. The Morgan fingerprint density at radius 1 is 0.600 bits per heavy atom. The summed E-state index contributed by atoms with van der Waals surface area (Å²) in [5.41, 5.74) is 0. The van der Waals surface area contributed by atoms with Crippen molar-refractivity contribution in [1.82, 2.24) is 0 Å². The van der Waals surface area contributed by atoms with Crippen molar-refractivity contribution in [2.45, 2.75) is 141 Å². The molecule has 1 unspecified atom stereocenters. The van der Waals surface area contributed by atoms with Gasteiger partial charge in [0, 0.05) is 6.42 Å². The van der Waals surface area contributed by atoms with Gasteiger partial charge in [0.1, 0.15) is 19.3 Å². The van der Waals surface area contributed by atoms with E-state index in [-0.39, 0.29) is 13.0 Å². The maximum absolute atomic E-state index is 11.7. The van der Waals surface area contributed by atoms with Crippen LogP contribution in [-0.4, -0.2) is 58.6 Å². The summed E-state index contributed by atoms with van der Waals surface area (Å²) in [6.07, 6.45) is 18.2. The smallest absolute Gasteiger partial charge is 0.333 e. The lowest BCUT2D eigenvalue weighted by atomic mass is 10.0. The summed E-state index contributed by atoms with van der Waals surface area (Å²) in [5, 5.41) is 27.2. The number of hydrogen-bond acceptors (Lipinski definition) is 7. The predicted molar refractivity (Wildman–Crippen MR) is 135 cm³/mol. The maximum atomic E-state index is 11.7. The van der Waals surface area contributed by atoms with Crippen LogP contribution in [0.5, 0.6) is 0 Å². The molecule has 0 amide bonds. The predicted octanol–water partition coefficient (Wildman–Crippen LogP) is 5.31. The van der Waals surface area contributed by atoms with Crippen molar-refractivity contribution in [2.24, 2.45) is 0 Å². The van der Waals surface area contributed by atoms with Crippen molar-refractivity contribution in [3.8, 4) is 0 Å². The first kappa shape index (κ1) is 33.3. The number of carbonyl (C=O) groups is 3. The average molecular weight is 503 g/mol. The van der Waals surface area contributed by atoms with E-state index >= 15 is 0 Å². The number of ether oxygens (including phenoxy) is 2. The zero-order chi connectivity index (χ0) is 26.2. The number of aliphatic hydroxyl groups is 2. The quantitative estimate of drug-likeness (QED) is 0.113. The number of rotatable bonds is 25. The fourth-order valence-electron chi connectivity index (χ4n) is 3.80. The lowest BCUT2D eigenvalue weighted by Crippen LogP contribution is -2.28. The molecule has 0 aliphatic heterocycles. The third-order valence-electron chi connectivity index (χ3n) is 6.00.